The van der Waals surface area contributed by atoms with E-state index in [2.05, 4.69) is 105 Å². The van der Waals surface area contributed by atoms with E-state index in [1.165, 1.54) is 41.1 Å². The van der Waals surface area contributed by atoms with Gasteiger partial charge in [0.25, 0.3) is 0 Å². The Morgan fingerprint density at radius 3 is 2.52 bits per heavy atom. The first-order chi connectivity index (χ1) is 13.9. The van der Waals surface area contributed by atoms with Crippen molar-refractivity contribution < 1.29 is 5.32 Å². The van der Waals surface area contributed by atoms with Gasteiger partial charge in [-0.15, -0.1) is 0 Å². The minimum atomic E-state index is 0.649. The molecule has 0 aliphatic heterocycles. The van der Waals surface area contributed by atoms with Crippen molar-refractivity contribution in [3.8, 4) is 0 Å². The summed E-state index contributed by atoms with van der Waals surface area (Å²) in [6.45, 7) is 3.53. The lowest BCUT2D eigenvalue weighted by Crippen LogP contribution is -2.80. The van der Waals surface area contributed by atoms with Crippen LogP contribution >= 0.6 is 0 Å². The van der Waals surface area contributed by atoms with Crippen molar-refractivity contribution in [1.29, 1.82) is 0 Å². The number of quaternary nitrogens is 1. The second-order valence-corrected chi connectivity index (χ2v) is 9.16. The van der Waals surface area contributed by atoms with E-state index in [0.29, 0.717) is 6.04 Å². The van der Waals surface area contributed by atoms with E-state index in [1.807, 2.05) is 0 Å². The third kappa shape index (κ3) is 5.52. The number of hydrogen-bond donors (Lipinski definition) is 2. The first kappa shape index (κ1) is 21.7. The summed E-state index contributed by atoms with van der Waals surface area (Å²) < 4.78 is 0. The minimum absolute atomic E-state index is 0.649. The van der Waals surface area contributed by atoms with Crippen LogP contribution in [0.1, 0.15) is 31.7 Å². The largest absolute Gasteiger partial charge is 0.378 e. The lowest BCUT2D eigenvalue weighted by molar-refractivity contribution is -0.578. The Morgan fingerprint density at radius 1 is 1.10 bits per heavy atom. The van der Waals surface area contributed by atoms with Crippen LogP contribution in [-0.4, -0.2) is 52.7 Å². The van der Waals surface area contributed by atoms with E-state index >= 15 is 0 Å². The maximum absolute atomic E-state index is 3.54. The maximum Gasteiger partial charge on any atom is 0.138 e. The molecule has 4 heteroatoms. The van der Waals surface area contributed by atoms with Crippen molar-refractivity contribution in [1.82, 2.24) is 10.2 Å². The van der Waals surface area contributed by atoms with Gasteiger partial charge in [0.2, 0.25) is 0 Å². The number of allylic oxidation sites excluding steroid dienone is 4. The van der Waals surface area contributed by atoms with Crippen LogP contribution < -0.4 is 15.5 Å². The molecule has 0 saturated heterocycles. The van der Waals surface area contributed by atoms with E-state index in [0.717, 1.165) is 24.8 Å². The molecule has 0 aromatic heterocycles. The predicted molar refractivity (Wildman–Crippen MR) is 125 cm³/mol. The van der Waals surface area contributed by atoms with Crippen LogP contribution in [0.3, 0.4) is 0 Å². The Balaban J connectivity index is 1.79. The summed E-state index contributed by atoms with van der Waals surface area (Å²) in [6.07, 6.45) is 12.7. The molecule has 0 radical (unpaired) electrons. The van der Waals surface area contributed by atoms with Gasteiger partial charge in [0.05, 0.1) is 6.54 Å². The first-order valence-corrected chi connectivity index (χ1v) is 11.0. The van der Waals surface area contributed by atoms with E-state index in [4.69, 9.17) is 0 Å². The molecule has 3 rings (SSSR count). The average molecular weight is 396 g/mol. The SMILES string of the molecule is CNC1CC(C)CC1C[NH2+]c1cc(N(C)C)ccc1/C=C1/C=CC(N(C)C)=CC1. The van der Waals surface area contributed by atoms with E-state index in [-0.39, 0.29) is 0 Å². The Bertz CT molecular complexity index is 788. The van der Waals surface area contributed by atoms with Gasteiger partial charge in [0.1, 0.15) is 5.69 Å². The normalized spacial score (nSPS) is 25.4. The smallest absolute Gasteiger partial charge is 0.138 e. The maximum atomic E-state index is 3.54. The molecule has 3 N–H and O–H groups in total. The predicted octanol–water partition coefficient (Wildman–Crippen LogP) is 3.37. The fourth-order valence-corrected chi connectivity index (χ4v) is 4.63. The van der Waals surface area contributed by atoms with E-state index in [9.17, 15) is 0 Å². The summed E-state index contributed by atoms with van der Waals surface area (Å²) in [7, 11) is 10.5. The first-order valence-electron chi connectivity index (χ1n) is 11.0. The number of rotatable bonds is 7. The van der Waals surface area contributed by atoms with Crippen LogP contribution in [0.15, 0.2) is 47.7 Å². The molecule has 4 nitrogen and oxygen atoms in total. The third-order valence-electron chi connectivity index (χ3n) is 6.40. The van der Waals surface area contributed by atoms with Gasteiger partial charge in [0, 0.05) is 63.2 Å². The van der Waals surface area contributed by atoms with Gasteiger partial charge >= 0.3 is 0 Å². The lowest BCUT2D eigenvalue weighted by Gasteiger charge is -2.19. The number of nitrogens with one attached hydrogen (secondary N) is 1. The molecule has 2 aliphatic carbocycles. The third-order valence-corrected chi connectivity index (χ3v) is 6.40. The highest BCUT2D eigenvalue weighted by Crippen LogP contribution is 2.30. The number of anilines is 1. The minimum Gasteiger partial charge on any atom is -0.378 e. The zero-order valence-electron chi connectivity index (χ0n) is 19.1. The molecule has 0 bridgehead atoms. The highest BCUT2D eigenvalue weighted by molar-refractivity contribution is 5.69. The van der Waals surface area contributed by atoms with Gasteiger partial charge in [-0.25, -0.2) is 0 Å². The van der Waals surface area contributed by atoms with Crippen LogP contribution in [0.4, 0.5) is 11.4 Å². The fraction of sp³-hybridized carbons (Fsp3) is 0.520. The molecule has 1 saturated carbocycles. The van der Waals surface area contributed by atoms with Crippen LogP contribution in [0.25, 0.3) is 6.08 Å². The zero-order valence-corrected chi connectivity index (χ0v) is 19.1. The molecule has 158 valence electrons. The second kappa shape index (κ2) is 9.64. The van der Waals surface area contributed by atoms with Crippen LogP contribution in [0.5, 0.6) is 0 Å². The summed E-state index contributed by atoms with van der Waals surface area (Å²) in [6, 6.07) is 7.49. The van der Waals surface area contributed by atoms with Gasteiger partial charge in [-0.1, -0.05) is 19.1 Å². The topological polar surface area (TPSA) is 35.1 Å². The van der Waals surface area contributed by atoms with Crippen LogP contribution in [0.2, 0.25) is 0 Å². The molecule has 1 aromatic rings. The van der Waals surface area contributed by atoms with Crippen molar-refractivity contribution in [2.24, 2.45) is 11.8 Å². The number of hydrogen-bond acceptors (Lipinski definition) is 3. The molecule has 3 unspecified atom stereocenters. The molecule has 1 aromatic carbocycles. The summed E-state index contributed by atoms with van der Waals surface area (Å²) in [4.78, 5) is 4.36. The summed E-state index contributed by atoms with van der Waals surface area (Å²) in [5, 5.41) is 6.02. The van der Waals surface area contributed by atoms with Crippen molar-refractivity contribution >= 4 is 17.5 Å². The Kier molecular flexibility index (Phi) is 7.20. The Morgan fingerprint density at radius 2 is 1.90 bits per heavy atom. The molecule has 1 fully saturated rings. The molecule has 0 amide bonds. The van der Waals surface area contributed by atoms with Crippen LogP contribution in [0, 0.1) is 11.8 Å². The van der Waals surface area contributed by atoms with Gasteiger partial charge in [-0.2, -0.15) is 0 Å². The average Bonchev–Trinajstić information content (AvgIpc) is 3.07. The van der Waals surface area contributed by atoms with Gasteiger partial charge in [-0.05, 0) is 62.1 Å². The molecule has 29 heavy (non-hydrogen) atoms. The van der Waals surface area contributed by atoms with Gasteiger partial charge in [-0.3, -0.25) is 0 Å². The molecule has 0 spiro atoms. The molecule has 2 aliphatic rings. The summed E-state index contributed by atoms with van der Waals surface area (Å²) >= 11 is 0. The number of benzene rings is 1. The van der Waals surface area contributed by atoms with Crippen molar-refractivity contribution in [3.63, 3.8) is 0 Å². The molecular formula is C25H39N4+. The molecule has 3 atom stereocenters. The summed E-state index contributed by atoms with van der Waals surface area (Å²) in [5.41, 5.74) is 6.59. The number of likely N-dealkylation sites (N-methyl/N-ethyl adjacent to an activating group) is 1. The van der Waals surface area contributed by atoms with Crippen molar-refractivity contribution in [3.05, 3.63) is 53.3 Å². The monoisotopic (exact) mass is 395 g/mol. The molecule has 0 heterocycles. The Labute approximate surface area is 177 Å². The second-order valence-electron chi connectivity index (χ2n) is 9.16. The van der Waals surface area contributed by atoms with E-state index < -0.39 is 0 Å². The zero-order chi connectivity index (χ0) is 21.0. The quantitative estimate of drug-likeness (QED) is 0.695. The van der Waals surface area contributed by atoms with Crippen molar-refractivity contribution in [2.45, 2.75) is 32.2 Å². The summed E-state index contributed by atoms with van der Waals surface area (Å²) in [5.74, 6) is 1.56. The van der Waals surface area contributed by atoms with Crippen LogP contribution in [-0.2, 0) is 0 Å². The van der Waals surface area contributed by atoms with Crippen molar-refractivity contribution in [2.75, 3.05) is 46.7 Å². The molecular weight excluding hydrogens is 356 g/mol. The number of nitrogens with two attached hydrogens (primary N) is 1. The standard InChI is InChI=1S/C25H38N4/c1-18-13-21(24(14-18)26-2)17-27-25-16-23(29(5)6)12-9-20(25)15-19-7-10-22(11-8-19)28(3)4/h7,9-12,15-16,18,21,24,26-27H,8,13-14,17H2,1-6H3/p+1/b19-15-. The van der Waals surface area contributed by atoms with Gasteiger partial charge in [0.15, 0.2) is 0 Å². The number of nitrogens with zero attached hydrogens (tertiary/aromatic N) is 2. The highest BCUT2D eigenvalue weighted by Gasteiger charge is 2.32. The van der Waals surface area contributed by atoms with Gasteiger partial charge < -0.3 is 20.4 Å². The highest BCUT2D eigenvalue weighted by atomic mass is 15.1. The van der Waals surface area contributed by atoms with E-state index in [1.54, 1.807) is 0 Å². The lowest BCUT2D eigenvalue weighted by atomic mass is 10.00. The Hall–Kier alpha value is -2.04. The fourth-order valence-electron chi connectivity index (χ4n) is 4.63.